The number of hydrogen-bond donors (Lipinski definition) is 1. The van der Waals surface area contributed by atoms with E-state index in [0.29, 0.717) is 12.1 Å². The first-order valence-corrected chi connectivity index (χ1v) is 10.3. The average Bonchev–Trinajstić information content (AvgIpc) is 2.76. The summed E-state index contributed by atoms with van der Waals surface area (Å²) in [5.74, 6) is -0.770. The predicted molar refractivity (Wildman–Crippen MR) is 117 cm³/mol. The van der Waals surface area contributed by atoms with Crippen LogP contribution >= 0.6 is 0 Å². The number of nitrogens with zero attached hydrogens (tertiary/aromatic N) is 3. The molecular weight excluding hydrogens is 437 g/mol. The molecule has 33 heavy (non-hydrogen) atoms. The van der Waals surface area contributed by atoms with Crippen molar-refractivity contribution in [2.45, 2.75) is 46.0 Å². The van der Waals surface area contributed by atoms with Gasteiger partial charge in [0.05, 0.1) is 17.8 Å². The molecule has 1 heterocycles. The summed E-state index contributed by atoms with van der Waals surface area (Å²) in [6, 6.07) is 10.8. The summed E-state index contributed by atoms with van der Waals surface area (Å²) in [4.78, 5) is 38.9. The number of nitrogens with one attached hydrogen (secondary N) is 1. The van der Waals surface area contributed by atoms with Gasteiger partial charge in [0, 0.05) is 6.04 Å². The van der Waals surface area contributed by atoms with Crippen molar-refractivity contribution in [1.29, 1.82) is 0 Å². The Kier molecular flexibility index (Phi) is 6.85. The van der Waals surface area contributed by atoms with Gasteiger partial charge in [-0.3, -0.25) is 14.2 Å². The number of aromatic nitrogens is 3. The van der Waals surface area contributed by atoms with Crippen molar-refractivity contribution in [2.75, 3.05) is 0 Å². The molecule has 0 bridgehead atoms. The molecule has 1 amide bonds. The van der Waals surface area contributed by atoms with E-state index < -0.39 is 41.1 Å². The first-order chi connectivity index (χ1) is 15.5. The summed E-state index contributed by atoms with van der Waals surface area (Å²) >= 11 is 0. The largest absolute Gasteiger partial charge is 0.416 e. The van der Waals surface area contributed by atoms with Gasteiger partial charge in [-0.1, -0.05) is 31.2 Å². The standard InChI is InChI=1S/C23H23F3N4O3/c1-4-15(3)27-20(31)19-21(32)29(13-16-8-6-9-17(12-16)23(24,25)26)22(33)30(28-19)18-10-5-7-14(2)11-18/h5-12,15H,4,13H2,1-3H3,(H,27,31)/t15-/m0/s1. The smallest absolute Gasteiger partial charge is 0.348 e. The normalized spacial score (nSPS) is 12.4. The Morgan fingerprint density at radius 1 is 1.12 bits per heavy atom. The van der Waals surface area contributed by atoms with Gasteiger partial charge >= 0.3 is 11.9 Å². The van der Waals surface area contributed by atoms with Crippen molar-refractivity contribution in [2.24, 2.45) is 0 Å². The molecule has 3 aromatic rings. The summed E-state index contributed by atoms with van der Waals surface area (Å²) in [5.41, 5.74) is -2.08. The quantitative estimate of drug-likeness (QED) is 0.612. The van der Waals surface area contributed by atoms with Crippen LogP contribution in [0.4, 0.5) is 13.2 Å². The molecule has 1 atom stereocenters. The van der Waals surface area contributed by atoms with Crippen LogP contribution < -0.4 is 16.6 Å². The molecule has 0 spiro atoms. The van der Waals surface area contributed by atoms with Gasteiger partial charge < -0.3 is 5.32 Å². The molecule has 2 aromatic carbocycles. The predicted octanol–water partition coefficient (Wildman–Crippen LogP) is 3.30. The summed E-state index contributed by atoms with van der Waals surface area (Å²) in [5, 5.41) is 6.65. The zero-order valence-corrected chi connectivity index (χ0v) is 18.3. The van der Waals surface area contributed by atoms with Gasteiger partial charge in [-0.25, -0.2) is 4.79 Å². The van der Waals surface area contributed by atoms with Crippen LogP contribution in [0.25, 0.3) is 5.69 Å². The highest BCUT2D eigenvalue weighted by Crippen LogP contribution is 2.29. The SMILES string of the molecule is CC[C@H](C)NC(=O)c1nn(-c2cccc(C)c2)c(=O)n(Cc2cccc(C(F)(F)F)c2)c1=O. The van der Waals surface area contributed by atoms with E-state index in [-0.39, 0.29) is 11.6 Å². The van der Waals surface area contributed by atoms with Gasteiger partial charge in [0.2, 0.25) is 5.69 Å². The van der Waals surface area contributed by atoms with E-state index in [2.05, 4.69) is 10.4 Å². The monoisotopic (exact) mass is 460 g/mol. The second kappa shape index (κ2) is 9.43. The Hall–Kier alpha value is -3.69. The van der Waals surface area contributed by atoms with Crippen LogP contribution in [0.2, 0.25) is 0 Å². The van der Waals surface area contributed by atoms with Crippen LogP contribution in [-0.4, -0.2) is 26.3 Å². The van der Waals surface area contributed by atoms with Crippen molar-refractivity contribution in [1.82, 2.24) is 19.7 Å². The number of carbonyl (C=O) groups excluding carboxylic acids is 1. The molecule has 1 aromatic heterocycles. The molecule has 0 aliphatic carbocycles. The highest BCUT2D eigenvalue weighted by atomic mass is 19.4. The molecule has 1 N–H and O–H groups in total. The summed E-state index contributed by atoms with van der Waals surface area (Å²) < 4.78 is 41.0. The van der Waals surface area contributed by atoms with Crippen molar-refractivity contribution in [3.8, 4) is 5.69 Å². The summed E-state index contributed by atoms with van der Waals surface area (Å²) in [6.07, 6.45) is -3.98. The number of benzene rings is 2. The molecule has 0 aliphatic rings. The highest BCUT2D eigenvalue weighted by Gasteiger charge is 2.30. The minimum atomic E-state index is -4.58. The minimum absolute atomic E-state index is 0.0827. The number of aryl methyl sites for hydroxylation is 1. The molecule has 174 valence electrons. The summed E-state index contributed by atoms with van der Waals surface area (Å²) in [6.45, 7) is 4.93. The molecule has 3 rings (SSSR count). The van der Waals surface area contributed by atoms with E-state index in [1.165, 1.54) is 12.1 Å². The Bertz CT molecular complexity index is 1300. The van der Waals surface area contributed by atoms with E-state index in [1.54, 1.807) is 38.1 Å². The highest BCUT2D eigenvalue weighted by molar-refractivity contribution is 5.91. The maximum absolute atomic E-state index is 13.2. The third kappa shape index (κ3) is 5.39. The van der Waals surface area contributed by atoms with Crippen molar-refractivity contribution in [3.63, 3.8) is 0 Å². The maximum atomic E-state index is 13.2. The topological polar surface area (TPSA) is 86.0 Å². The van der Waals surface area contributed by atoms with E-state index in [0.717, 1.165) is 26.9 Å². The molecule has 10 heteroatoms. The number of amides is 1. The van der Waals surface area contributed by atoms with Gasteiger partial charge in [-0.15, -0.1) is 0 Å². The molecule has 0 aliphatic heterocycles. The first kappa shape index (κ1) is 24.0. The molecule has 0 saturated carbocycles. The fourth-order valence-corrected chi connectivity index (χ4v) is 3.15. The lowest BCUT2D eigenvalue weighted by molar-refractivity contribution is -0.137. The third-order valence-corrected chi connectivity index (χ3v) is 5.11. The van der Waals surface area contributed by atoms with Crippen LogP contribution in [-0.2, 0) is 12.7 Å². The van der Waals surface area contributed by atoms with Gasteiger partial charge in [-0.05, 0) is 55.7 Å². The van der Waals surface area contributed by atoms with Gasteiger partial charge in [0.15, 0.2) is 0 Å². The lowest BCUT2D eigenvalue weighted by atomic mass is 10.1. The van der Waals surface area contributed by atoms with E-state index in [9.17, 15) is 27.6 Å². The Labute approximate surface area is 187 Å². The first-order valence-electron chi connectivity index (χ1n) is 10.3. The van der Waals surface area contributed by atoms with Crippen molar-refractivity contribution < 1.29 is 18.0 Å². The van der Waals surface area contributed by atoms with Crippen molar-refractivity contribution >= 4 is 5.91 Å². The van der Waals surface area contributed by atoms with Crippen molar-refractivity contribution in [3.05, 3.63) is 91.8 Å². The fraction of sp³-hybridized carbons (Fsp3) is 0.304. The Morgan fingerprint density at radius 2 is 1.82 bits per heavy atom. The molecule has 0 radical (unpaired) electrons. The zero-order valence-electron chi connectivity index (χ0n) is 18.3. The second-order valence-corrected chi connectivity index (χ2v) is 7.75. The Balaban J connectivity index is 2.19. The second-order valence-electron chi connectivity index (χ2n) is 7.75. The molecular formula is C23H23F3N4O3. The molecule has 0 unspecified atom stereocenters. The van der Waals surface area contributed by atoms with E-state index in [4.69, 9.17) is 0 Å². The van der Waals surface area contributed by atoms with E-state index in [1.807, 2.05) is 6.92 Å². The van der Waals surface area contributed by atoms with Gasteiger partial charge in [0.1, 0.15) is 0 Å². The fourth-order valence-electron chi connectivity index (χ4n) is 3.15. The maximum Gasteiger partial charge on any atom is 0.416 e. The third-order valence-electron chi connectivity index (χ3n) is 5.11. The molecule has 0 fully saturated rings. The number of alkyl halides is 3. The van der Waals surface area contributed by atoms with Crippen LogP contribution in [0.3, 0.4) is 0 Å². The van der Waals surface area contributed by atoms with Crippen LogP contribution in [0.5, 0.6) is 0 Å². The average molecular weight is 460 g/mol. The van der Waals surface area contributed by atoms with Gasteiger partial charge in [-0.2, -0.15) is 23.0 Å². The number of hydrogen-bond acceptors (Lipinski definition) is 4. The molecule has 0 saturated heterocycles. The summed E-state index contributed by atoms with van der Waals surface area (Å²) in [7, 11) is 0. The minimum Gasteiger partial charge on any atom is -0.348 e. The zero-order chi connectivity index (χ0) is 24.3. The molecule has 7 nitrogen and oxygen atoms in total. The number of rotatable bonds is 6. The Morgan fingerprint density at radius 3 is 2.45 bits per heavy atom. The lowest BCUT2D eigenvalue weighted by Gasteiger charge is -2.15. The van der Waals surface area contributed by atoms with Crippen LogP contribution in [0.1, 0.15) is 47.4 Å². The lowest BCUT2D eigenvalue weighted by Crippen LogP contribution is -2.47. The van der Waals surface area contributed by atoms with Gasteiger partial charge in [0.25, 0.3) is 11.5 Å². The number of carbonyl (C=O) groups is 1. The number of halogens is 3. The van der Waals surface area contributed by atoms with Crippen LogP contribution in [0, 0.1) is 6.92 Å². The van der Waals surface area contributed by atoms with E-state index >= 15 is 0 Å². The van der Waals surface area contributed by atoms with Crippen LogP contribution in [0.15, 0.2) is 58.1 Å².